The summed E-state index contributed by atoms with van der Waals surface area (Å²) >= 11 is 6.23. The maximum Gasteiger partial charge on any atom is 0.510 e. The number of halogens is 4. The third kappa shape index (κ3) is 6.14. The number of hydrogen-bond acceptors (Lipinski definition) is 6. The smallest absolute Gasteiger partial charge is 0.435 e. The molecule has 1 unspecified atom stereocenters. The van der Waals surface area contributed by atoms with Gasteiger partial charge in [0.1, 0.15) is 11.8 Å². The summed E-state index contributed by atoms with van der Waals surface area (Å²) in [6, 6.07) is 11.7. The van der Waals surface area contributed by atoms with Crippen molar-refractivity contribution in [3.05, 3.63) is 69.9 Å². The molecule has 1 aromatic heterocycles. The molecule has 0 radical (unpaired) electrons. The van der Waals surface area contributed by atoms with Gasteiger partial charge in [-0.25, -0.2) is 4.79 Å². The summed E-state index contributed by atoms with van der Waals surface area (Å²) in [7, 11) is 0. The second-order valence-electron chi connectivity index (χ2n) is 6.96. The number of ether oxygens (including phenoxy) is 2. The highest BCUT2D eigenvalue weighted by Gasteiger charge is 2.30. The van der Waals surface area contributed by atoms with Gasteiger partial charge in [0.05, 0.1) is 12.2 Å². The Labute approximate surface area is 198 Å². The van der Waals surface area contributed by atoms with Crippen molar-refractivity contribution in [3.63, 3.8) is 0 Å². The van der Waals surface area contributed by atoms with Crippen molar-refractivity contribution in [2.45, 2.75) is 26.3 Å². The Morgan fingerprint density at radius 3 is 2.62 bits per heavy atom. The van der Waals surface area contributed by atoms with Crippen LogP contribution >= 0.6 is 11.6 Å². The topological polar surface area (TPSA) is 90.0 Å². The van der Waals surface area contributed by atoms with Crippen LogP contribution in [0, 0.1) is 11.3 Å². The van der Waals surface area contributed by atoms with Crippen LogP contribution in [0.3, 0.4) is 0 Å². The zero-order valence-electron chi connectivity index (χ0n) is 18.0. The van der Waals surface area contributed by atoms with Crippen LogP contribution in [0.1, 0.15) is 42.5 Å². The molecule has 0 amide bonds. The minimum absolute atomic E-state index is 0.0330. The summed E-state index contributed by atoms with van der Waals surface area (Å²) in [5.74, 6) is 0. The summed E-state index contributed by atoms with van der Waals surface area (Å²) in [5, 5.41) is 18.1. The van der Waals surface area contributed by atoms with Gasteiger partial charge in [-0.3, -0.25) is 0 Å². The second kappa shape index (κ2) is 10.4. The predicted octanol–water partition coefficient (Wildman–Crippen LogP) is 6.35. The van der Waals surface area contributed by atoms with Crippen LogP contribution in [0.5, 0.6) is 0 Å². The summed E-state index contributed by atoms with van der Waals surface area (Å²) in [6.45, 7) is 3.26. The highest BCUT2D eigenvalue weighted by atomic mass is 35.5. The number of nitrogens with zero attached hydrogens (tertiary/aromatic N) is 4. The largest absolute Gasteiger partial charge is 0.510 e. The van der Waals surface area contributed by atoms with Crippen LogP contribution in [-0.2, 0) is 15.7 Å². The second-order valence-corrected chi connectivity index (χ2v) is 7.40. The van der Waals surface area contributed by atoms with E-state index in [0.717, 1.165) is 16.9 Å². The third-order valence-electron chi connectivity index (χ3n) is 4.47. The molecule has 0 N–H and O–H groups in total. The van der Waals surface area contributed by atoms with Crippen molar-refractivity contribution in [2.75, 3.05) is 6.61 Å². The molecular formula is C23H18ClF3N4O3. The van der Waals surface area contributed by atoms with E-state index in [0.29, 0.717) is 21.7 Å². The van der Waals surface area contributed by atoms with E-state index in [1.807, 2.05) is 6.07 Å². The molecule has 11 heteroatoms. The van der Waals surface area contributed by atoms with Crippen molar-refractivity contribution < 1.29 is 27.4 Å². The van der Waals surface area contributed by atoms with Gasteiger partial charge in [-0.15, -0.1) is 15.0 Å². The standard InChI is InChI=1S/C23H18ClF3N4O3/c1-3-33-22(32)34-14(2)31-29-20(13-28)21(30-31)17-9-16(11-19(24)12-17)8-7-15-5-4-6-18(10-15)23(25,26)27/h4-12,14H,3H2,1-2H3/b8-7+. The molecule has 2 aromatic carbocycles. The minimum atomic E-state index is -4.44. The monoisotopic (exact) mass is 490 g/mol. The van der Waals surface area contributed by atoms with E-state index >= 15 is 0 Å². The van der Waals surface area contributed by atoms with Gasteiger partial charge >= 0.3 is 12.3 Å². The predicted molar refractivity (Wildman–Crippen MR) is 118 cm³/mol. The van der Waals surface area contributed by atoms with Crippen molar-refractivity contribution in [3.8, 4) is 17.3 Å². The van der Waals surface area contributed by atoms with E-state index < -0.39 is 24.1 Å². The highest BCUT2D eigenvalue weighted by molar-refractivity contribution is 6.31. The van der Waals surface area contributed by atoms with Crippen molar-refractivity contribution in [2.24, 2.45) is 0 Å². The first-order chi connectivity index (χ1) is 16.1. The average Bonchev–Trinajstić information content (AvgIpc) is 3.22. The number of carbonyl (C=O) groups is 1. The van der Waals surface area contributed by atoms with Gasteiger partial charge in [-0.05, 0) is 55.3 Å². The fourth-order valence-corrected chi connectivity index (χ4v) is 3.19. The average molecular weight is 491 g/mol. The molecule has 34 heavy (non-hydrogen) atoms. The molecule has 3 rings (SSSR count). The molecule has 0 fully saturated rings. The lowest BCUT2D eigenvalue weighted by atomic mass is 10.0. The van der Waals surface area contributed by atoms with E-state index in [1.54, 1.807) is 37.3 Å². The minimum Gasteiger partial charge on any atom is -0.435 e. The van der Waals surface area contributed by atoms with Gasteiger partial charge in [0.2, 0.25) is 6.23 Å². The van der Waals surface area contributed by atoms with E-state index in [9.17, 15) is 23.2 Å². The molecule has 3 aromatic rings. The van der Waals surface area contributed by atoms with Crippen molar-refractivity contribution >= 4 is 29.9 Å². The molecule has 0 aliphatic carbocycles. The first-order valence-electron chi connectivity index (χ1n) is 9.97. The molecule has 7 nitrogen and oxygen atoms in total. The number of alkyl halides is 3. The van der Waals surface area contributed by atoms with Gasteiger partial charge in [-0.2, -0.15) is 18.4 Å². The fourth-order valence-electron chi connectivity index (χ4n) is 2.95. The molecule has 1 heterocycles. The molecule has 0 saturated carbocycles. The Hall–Kier alpha value is -3.84. The van der Waals surface area contributed by atoms with Gasteiger partial charge in [0.15, 0.2) is 5.69 Å². The SMILES string of the molecule is CCOC(=O)OC(C)n1nc(C#N)c(-c2cc(Cl)cc(/C=C/c3cccc(C(F)(F)F)c3)c2)n1. The molecule has 0 bridgehead atoms. The number of rotatable bonds is 6. The van der Waals surface area contributed by atoms with Crippen molar-refractivity contribution in [1.82, 2.24) is 15.0 Å². The summed E-state index contributed by atoms with van der Waals surface area (Å²) in [6.07, 6.45) is -3.19. The van der Waals surface area contributed by atoms with Crippen LogP contribution < -0.4 is 0 Å². The summed E-state index contributed by atoms with van der Waals surface area (Å²) < 4.78 is 48.6. The third-order valence-corrected chi connectivity index (χ3v) is 4.68. The number of nitriles is 1. The Kier molecular flexibility index (Phi) is 7.58. The number of carbonyl (C=O) groups excluding carboxylic acids is 1. The van der Waals surface area contributed by atoms with Crippen LogP contribution in [0.25, 0.3) is 23.4 Å². The van der Waals surface area contributed by atoms with Crippen LogP contribution in [0.2, 0.25) is 5.02 Å². The molecule has 0 spiro atoms. The van der Waals surface area contributed by atoms with E-state index in [1.165, 1.54) is 19.1 Å². The summed E-state index contributed by atoms with van der Waals surface area (Å²) in [5.41, 5.74) is 0.768. The fraction of sp³-hybridized carbons (Fsp3) is 0.217. The zero-order valence-corrected chi connectivity index (χ0v) is 18.8. The summed E-state index contributed by atoms with van der Waals surface area (Å²) in [4.78, 5) is 12.6. The van der Waals surface area contributed by atoms with E-state index in [4.69, 9.17) is 21.1 Å². The van der Waals surface area contributed by atoms with Crippen LogP contribution in [-0.4, -0.2) is 27.8 Å². The van der Waals surface area contributed by atoms with Gasteiger partial charge in [-0.1, -0.05) is 35.9 Å². The Balaban J connectivity index is 1.91. The maximum atomic E-state index is 12.9. The van der Waals surface area contributed by atoms with E-state index in [2.05, 4.69) is 10.2 Å². The lowest BCUT2D eigenvalue weighted by Gasteiger charge is -2.11. The molecule has 176 valence electrons. The quantitative estimate of drug-likeness (QED) is 0.295. The Morgan fingerprint density at radius 1 is 1.21 bits per heavy atom. The first-order valence-corrected chi connectivity index (χ1v) is 10.3. The molecule has 0 aliphatic rings. The van der Waals surface area contributed by atoms with Gasteiger partial charge < -0.3 is 9.47 Å². The lowest BCUT2D eigenvalue weighted by Crippen LogP contribution is -2.17. The highest BCUT2D eigenvalue weighted by Crippen LogP contribution is 2.30. The number of aromatic nitrogens is 3. The van der Waals surface area contributed by atoms with Crippen molar-refractivity contribution in [1.29, 1.82) is 5.26 Å². The maximum absolute atomic E-state index is 12.9. The van der Waals surface area contributed by atoms with Crippen LogP contribution in [0.4, 0.5) is 18.0 Å². The number of hydrogen-bond donors (Lipinski definition) is 0. The first kappa shape index (κ1) is 24.8. The Morgan fingerprint density at radius 2 is 1.94 bits per heavy atom. The molecule has 1 atom stereocenters. The van der Waals surface area contributed by atoms with Gasteiger partial charge in [0, 0.05) is 10.6 Å². The number of benzene rings is 2. The lowest BCUT2D eigenvalue weighted by molar-refractivity contribution is -0.137. The van der Waals surface area contributed by atoms with Crippen LogP contribution in [0.15, 0.2) is 42.5 Å². The molecule has 0 aliphatic heterocycles. The molecular weight excluding hydrogens is 473 g/mol. The van der Waals surface area contributed by atoms with E-state index in [-0.39, 0.29) is 18.0 Å². The zero-order chi connectivity index (χ0) is 24.9. The normalized spacial score (nSPS) is 12.4. The molecule has 0 saturated heterocycles. The van der Waals surface area contributed by atoms with Gasteiger partial charge in [0.25, 0.3) is 0 Å². The Bertz CT molecular complexity index is 1270.